The summed E-state index contributed by atoms with van der Waals surface area (Å²) in [6.45, 7) is 3.88. The van der Waals surface area contributed by atoms with E-state index in [1.54, 1.807) is 27.0 Å². The fourth-order valence-corrected chi connectivity index (χ4v) is 4.23. The molecule has 0 saturated carbocycles. The Morgan fingerprint density at radius 3 is 2.38 bits per heavy atom. The van der Waals surface area contributed by atoms with Crippen LogP contribution in [0.15, 0.2) is 53.4 Å². The van der Waals surface area contributed by atoms with Crippen molar-refractivity contribution in [2.24, 2.45) is 0 Å². The summed E-state index contributed by atoms with van der Waals surface area (Å²) in [5, 5.41) is 2.79. The lowest BCUT2D eigenvalue weighted by Crippen LogP contribution is -2.50. The van der Waals surface area contributed by atoms with E-state index in [1.807, 2.05) is 30.3 Å². The summed E-state index contributed by atoms with van der Waals surface area (Å²) < 4.78 is 38.7. The summed E-state index contributed by atoms with van der Waals surface area (Å²) in [5.74, 6) is 0.183. The highest BCUT2D eigenvalue weighted by atomic mass is 32.2. The molecule has 0 aliphatic heterocycles. The maximum Gasteiger partial charge on any atom is 0.241 e. The summed E-state index contributed by atoms with van der Waals surface area (Å²) in [5.41, 5.74) is 1.54. The first-order valence-electron chi connectivity index (χ1n) is 9.27. The number of benzene rings is 2. The highest BCUT2D eigenvalue weighted by Crippen LogP contribution is 2.21. The topological polar surface area (TPSA) is 93.7 Å². The van der Waals surface area contributed by atoms with E-state index in [2.05, 4.69) is 10.0 Å². The molecule has 0 radical (unpaired) electrons. The summed E-state index contributed by atoms with van der Waals surface area (Å²) >= 11 is 0. The number of nitrogens with one attached hydrogen (secondary N) is 2. The number of rotatable bonds is 10. The number of hydrogen-bond donors (Lipinski definition) is 2. The third-order valence-electron chi connectivity index (χ3n) is 4.38. The second-order valence-corrected chi connectivity index (χ2v) is 8.57. The minimum atomic E-state index is -3.92. The minimum absolute atomic E-state index is 0.0756. The fourth-order valence-electron chi connectivity index (χ4n) is 2.95. The molecule has 0 fully saturated rings. The summed E-state index contributed by atoms with van der Waals surface area (Å²) in [6.07, 6.45) is 0.223. The molecule has 158 valence electrons. The largest absolute Gasteiger partial charge is 0.496 e. The van der Waals surface area contributed by atoms with Crippen LogP contribution in [0.25, 0.3) is 0 Å². The van der Waals surface area contributed by atoms with Crippen LogP contribution in [0.1, 0.15) is 18.1 Å². The molecule has 1 amide bonds. The number of amides is 1. The van der Waals surface area contributed by atoms with E-state index < -0.39 is 22.0 Å². The summed E-state index contributed by atoms with van der Waals surface area (Å²) in [7, 11) is -0.853. The average Bonchev–Trinajstić information content (AvgIpc) is 2.68. The molecule has 0 unspecified atom stereocenters. The van der Waals surface area contributed by atoms with Gasteiger partial charge in [-0.2, -0.15) is 4.72 Å². The van der Waals surface area contributed by atoms with E-state index in [0.717, 1.165) is 5.56 Å². The first-order valence-corrected chi connectivity index (χ1v) is 10.8. The second kappa shape index (κ2) is 10.4. The Balaban J connectivity index is 2.27. The lowest BCUT2D eigenvalue weighted by atomic mass is 10.1. The number of carbonyl (C=O) groups excluding carboxylic acids is 1. The predicted molar refractivity (Wildman–Crippen MR) is 111 cm³/mol. The molecule has 0 heterocycles. The number of hydrogen-bond acceptors (Lipinski definition) is 5. The van der Waals surface area contributed by atoms with Gasteiger partial charge in [0.2, 0.25) is 15.9 Å². The minimum Gasteiger partial charge on any atom is -0.496 e. The standard InChI is InChI=1S/C21H28N2O5S/c1-15-12-18(10-11-20(15)28-4)29(25,26)23-19(13-17-8-6-5-7-9-17)21(24)22-16(2)14-27-3/h5-12,16,19,23H,13-14H2,1-4H3,(H,22,24)/t16-,19+/m1/s1. The summed E-state index contributed by atoms with van der Waals surface area (Å²) in [4.78, 5) is 12.9. The molecule has 2 aromatic rings. The fraction of sp³-hybridized carbons (Fsp3) is 0.381. The molecule has 0 spiro atoms. The second-order valence-electron chi connectivity index (χ2n) is 6.86. The van der Waals surface area contributed by atoms with Gasteiger partial charge in [0.1, 0.15) is 11.8 Å². The van der Waals surface area contributed by atoms with Crippen LogP contribution in [-0.2, 0) is 26.0 Å². The first kappa shape index (κ1) is 22.9. The van der Waals surface area contributed by atoms with Gasteiger partial charge < -0.3 is 14.8 Å². The third-order valence-corrected chi connectivity index (χ3v) is 5.85. The summed E-state index contributed by atoms with van der Waals surface area (Å²) in [6, 6.07) is 12.6. The molecule has 2 N–H and O–H groups in total. The van der Waals surface area contributed by atoms with E-state index in [4.69, 9.17) is 9.47 Å². The molecule has 0 aromatic heterocycles. The SMILES string of the molecule is COC[C@@H](C)NC(=O)[C@H](Cc1ccccc1)NS(=O)(=O)c1ccc(OC)c(C)c1. The van der Waals surface area contributed by atoms with Crippen LogP contribution in [-0.4, -0.2) is 47.2 Å². The van der Waals surface area contributed by atoms with Crippen molar-refractivity contribution in [2.75, 3.05) is 20.8 Å². The van der Waals surface area contributed by atoms with Crippen LogP contribution in [0.2, 0.25) is 0 Å². The highest BCUT2D eigenvalue weighted by molar-refractivity contribution is 7.89. The molecule has 2 rings (SSSR count). The van der Waals surface area contributed by atoms with Crippen molar-refractivity contribution in [3.05, 3.63) is 59.7 Å². The Bertz CT molecular complexity index is 916. The van der Waals surface area contributed by atoms with Gasteiger partial charge in [0.05, 0.1) is 18.6 Å². The monoisotopic (exact) mass is 420 g/mol. The van der Waals surface area contributed by atoms with Gasteiger partial charge in [0, 0.05) is 13.2 Å². The Labute approximate surface area is 172 Å². The normalized spacial score (nSPS) is 13.5. The maximum absolute atomic E-state index is 12.9. The van der Waals surface area contributed by atoms with Gasteiger partial charge >= 0.3 is 0 Å². The number of methoxy groups -OCH3 is 2. The number of carbonyl (C=O) groups is 1. The van der Waals surface area contributed by atoms with E-state index in [1.165, 1.54) is 19.2 Å². The van der Waals surface area contributed by atoms with Crippen LogP contribution in [0.3, 0.4) is 0 Å². The molecule has 2 atom stereocenters. The van der Waals surface area contributed by atoms with E-state index in [-0.39, 0.29) is 17.4 Å². The van der Waals surface area contributed by atoms with Gasteiger partial charge in [0.25, 0.3) is 0 Å². The van der Waals surface area contributed by atoms with Crippen molar-refractivity contribution in [3.63, 3.8) is 0 Å². The first-order chi connectivity index (χ1) is 13.8. The predicted octanol–water partition coefficient (Wildman–Crippen LogP) is 2.04. The van der Waals surface area contributed by atoms with Crippen molar-refractivity contribution in [1.82, 2.24) is 10.0 Å². The van der Waals surface area contributed by atoms with Crippen LogP contribution in [0, 0.1) is 6.92 Å². The van der Waals surface area contributed by atoms with Crippen molar-refractivity contribution < 1.29 is 22.7 Å². The molecule has 7 nitrogen and oxygen atoms in total. The van der Waals surface area contributed by atoms with Gasteiger partial charge in [-0.1, -0.05) is 30.3 Å². The quantitative estimate of drug-likeness (QED) is 0.614. The lowest BCUT2D eigenvalue weighted by Gasteiger charge is -2.21. The van der Waals surface area contributed by atoms with Crippen LogP contribution >= 0.6 is 0 Å². The van der Waals surface area contributed by atoms with Crippen molar-refractivity contribution in [1.29, 1.82) is 0 Å². The zero-order chi connectivity index (χ0) is 21.4. The van der Waals surface area contributed by atoms with Gasteiger partial charge in [0.15, 0.2) is 0 Å². The molecule has 2 aromatic carbocycles. The van der Waals surface area contributed by atoms with E-state index in [9.17, 15) is 13.2 Å². The average molecular weight is 421 g/mol. The Hall–Kier alpha value is -2.42. The van der Waals surface area contributed by atoms with Crippen LogP contribution in [0.4, 0.5) is 0 Å². The van der Waals surface area contributed by atoms with Gasteiger partial charge in [-0.15, -0.1) is 0 Å². The van der Waals surface area contributed by atoms with Crippen LogP contribution < -0.4 is 14.8 Å². The maximum atomic E-state index is 12.9. The molecule has 29 heavy (non-hydrogen) atoms. The Kier molecular flexibility index (Phi) is 8.19. The van der Waals surface area contributed by atoms with Crippen molar-refractivity contribution in [2.45, 2.75) is 37.2 Å². The van der Waals surface area contributed by atoms with Crippen LogP contribution in [0.5, 0.6) is 5.75 Å². The number of ether oxygens (including phenoxy) is 2. The number of aryl methyl sites for hydroxylation is 1. The number of sulfonamides is 1. The molecule has 8 heteroatoms. The van der Waals surface area contributed by atoms with Gasteiger partial charge in [-0.3, -0.25) is 4.79 Å². The third kappa shape index (κ3) is 6.56. The van der Waals surface area contributed by atoms with Crippen molar-refractivity contribution >= 4 is 15.9 Å². The van der Waals surface area contributed by atoms with E-state index in [0.29, 0.717) is 17.9 Å². The molecule has 0 aliphatic carbocycles. The molecule has 0 bridgehead atoms. The molecule has 0 aliphatic rings. The van der Waals surface area contributed by atoms with Crippen molar-refractivity contribution in [3.8, 4) is 5.75 Å². The Morgan fingerprint density at radius 1 is 1.10 bits per heavy atom. The lowest BCUT2D eigenvalue weighted by molar-refractivity contribution is -0.123. The molecular weight excluding hydrogens is 392 g/mol. The smallest absolute Gasteiger partial charge is 0.241 e. The Morgan fingerprint density at radius 2 is 1.79 bits per heavy atom. The highest BCUT2D eigenvalue weighted by Gasteiger charge is 2.27. The van der Waals surface area contributed by atoms with Gasteiger partial charge in [-0.05, 0) is 49.6 Å². The molecule has 0 saturated heterocycles. The molecular formula is C21H28N2O5S. The zero-order valence-electron chi connectivity index (χ0n) is 17.1. The zero-order valence-corrected chi connectivity index (χ0v) is 18.0. The van der Waals surface area contributed by atoms with E-state index >= 15 is 0 Å². The van der Waals surface area contributed by atoms with Gasteiger partial charge in [-0.25, -0.2) is 8.42 Å².